The third-order valence-electron chi connectivity index (χ3n) is 3.51. The number of unbranched alkanes of at least 4 members (excludes halogenated alkanes) is 7. The van der Waals surface area contributed by atoms with Crippen molar-refractivity contribution in [2.45, 2.75) is 63.2 Å². The first-order valence-corrected chi connectivity index (χ1v) is 9.40. The second-order valence-corrected chi connectivity index (χ2v) is 7.21. The van der Waals surface area contributed by atoms with Gasteiger partial charge in [-0.05, 0) is 30.7 Å². The van der Waals surface area contributed by atoms with Gasteiger partial charge in [-0.25, -0.2) is 13.1 Å². The number of nitrogens with two attached hydrogens (primary N) is 1. The maximum absolute atomic E-state index is 12.0. The molecule has 0 saturated heterocycles. The molecule has 0 aliphatic carbocycles. The Kier molecular flexibility index (Phi) is 8.38. The molecule has 0 aromatic heterocycles. The van der Waals surface area contributed by atoms with Gasteiger partial charge < -0.3 is 5.73 Å². The third-order valence-corrected chi connectivity index (χ3v) is 4.99. The topological polar surface area (TPSA) is 72.2 Å². The predicted octanol–water partition coefficient (Wildman–Crippen LogP) is 3.69. The lowest BCUT2D eigenvalue weighted by atomic mass is 10.1. The van der Waals surface area contributed by atoms with Crippen LogP contribution in [0.25, 0.3) is 0 Å². The van der Waals surface area contributed by atoms with Crippen LogP contribution in [0.15, 0.2) is 29.2 Å². The van der Waals surface area contributed by atoms with Crippen molar-refractivity contribution in [3.05, 3.63) is 24.3 Å². The van der Waals surface area contributed by atoms with E-state index >= 15 is 0 Å². The molecule has 0 amide bonds. The number of hydrogen-bond acceptors (Lipinski definition) is 3. The number of nitrogen functional groups attached to an aromatic ring is 1. The van der Waals surface area contributed by atoms with Gasteiger partial charge in [0, 0.05) is 12.2 Å². The van der Waals surface area contributed by atoms with Gasteiger partial charge >= 0.3 is 0 Å². The zero-order chi connectivity index (χ0) is 15.6. The van der Waals surface area contributed by atoms with E-state index in [0.29, 0.717) is 12.2 Å². The van der Waals surface area contributed by atoms with Crippen molar-refractivity contribution in [1.29, 1.82) is 0 Å². The van der Waals surface area contributed by atoms with Crippen molar-refractivity contribution in [2.24, 2.45) is 0 Å². The molecular formula is C16H28N2O2S. The van der Waals surface area contributed by atoms with Crippen LogP contribution in [0.1, 0.15) is 58.3 Å². The molecule has 0 fully saturated rings. The van der Waals surface area contributed by atoms with Crippen LogP contribution in [0.5, 0.6) is 0 Å². The van der Waals surface area contributed by atoms with E-state index in [-0.39, 0.29) is 4.90 Å². The normalized spacial score (nSPS) is 11.7. The van der Waals surface area contributed by atoms with Crippen LogP contribution in [0.4, 0.5) is 5.69 Å². The maximum Gasteiger partial charge on any atom is 0.240 e. The first kappa shape index (κ1) is 18.0. The predicted molar refractivity (Wildman–Crippen MR) is 88.7 cm³/mol. The molecule has 0 radical (unpaired) electrons. The second kappa shape index (κ2) is 9.79. The summed E-state index contributed by atoms with van der Waals surface area (Å²) < 4.78 is 26.6. The number of rotatable bonds is 11. The number of anilines is 1. The molecule has 0 heterocycles. The molecule has 3 N–H and O–H groups in total. The molecule has 4 nitrogen and oxygen atoms in total. The summed E-state index contributed by atoms with van der Waals surface area (Å²) in [7, 11) is -3.39. The summed E-state index contributed by atoms with van der Waals surface area (Å²) in [4.78, 5) is 0.274. The van der Waals surface area contributed by atoms with E-state index in [2.05, 4.69) is 11.6 Å². The van der Waals surface area contributed by atoms with Gasteiger partial charge in [-0.3, -0.25) is 0 Å². The Bertz CT molecular complexity index is 484. The van der Waals surface area contributed by atoms with Gasteiger partial charge in [0.25, 0.3) is 0 Å². The van der Waals surface area contributed by atoms with Crippen LogP contribution in [0.2, 0.25) is 0 Å². The van der Waals surface area contributed by atoms with Crippen LogP contribution in [0.3, 0.4) is 0 Å². The molecule has 0 aliphatic rings. The lowest BCUT2D eigenvalue weighted by Crippen LogP contribution is -2.24. The van der Waals surface area contributed by atoms with Crippen LogP contribution in [-0.2, 0) is 10.0 Å². The number of nitrogens with one attached hydrogen (secondary N) is 1. The van der Waals surface area contributed by atoms with E-state index in [4.69, 9.17) is 5.73 Å². The summed E-state index contributed by atoms with van der Waals surface area (Å²) in [5.41, 5.74) is 6.12. The van der Waals surface area contributed by atoms with Crippen LogP contribution in [-0.4, -0.2) is 15.0 Å². The van der Waals surface area contributed by atoms with Crippen molar-refractivity contribution in [1.82, 2.24) is 4.72 Å². The molecule has 1 rings (SSSR count). The van der Waals surface area contributed by atoms with Gasteiger partial charge in [0.05, 0.1) is 4.90 Å². The fourth-order valence-electron chi connectivity index (χ4n) is 2.20. The quantitative estimate of drug-likeness (QED) is 0.483. The number of sulfonamides is 1. The van der Waals surface area contributed by atoms with E-state index < -0.39 is 10.0 Å². The SMILES string of the molecule is CCCCCCCCCCNS(=O)(=O)c1ccc(N)cc1. The molecule has 0 saturated carbocycles. The Morgan fingerprint density at radius 3 is 2.00 bits per heavy atom. The zero-order valence-corrected chi connectivity index (χ0v) is 13.8. The molecule has 0 atom stereocenters. The summed E-state index contributed by atoms with van der Waals surface area (Å²) >= 11 is 0. The highest BCUT2D eigenvalue weighted by molar-refractivity contribution is 7.89. The van der Waals surface area contributed by atoms with Crippen LogP contribution in [0, 0.1) is 0 Å². The second-order valence-electron chi connectivity index (χ2n) is 5.44. The van der Waals surface area contributed by atoms with E-state index in [1.54, 1.807) is 12.1 Å². The molecule has 120 valence electrons. The van der Waals surface area contributed by atoms with Gasteiger partial charge in [-0.1, -0.05) is 51.9 Å². The van der Waals surface area contributed by atoms with Crippen molar-refractivity contribution in [3.63, 3.8) is 0 Å². The van der Waals surface area contributed by atoms with Crippen molar-refractivity contribution in [2.75, 3.05) is 12.3 Å². The fraction of sp³-hybridized carbons (Fsp3) is 0.625. The van der Waals surface area contributed by atoms with Gasteiger partial charge in [0.2, 0.25) is 10.0 Å². The number of hydrogen-bond donors (Lipinski definition) is 2. The molecule has 0 aliphatic heterocycles. The molecule has 0 unspecified atom stereocenters. The Balaban J connectivity index is 2.15. The lowest BCUT2D eigenvalue weighted by Gasteiger charge is -2.07. The Labute approximate surface area is 129 Å². The fourth-order valence-corrected chi connectivity index (χ4v) is 3.27. The van der Waals surface area contributed by atoms with E-state index in [1.165, 1.54) is 50.7 Å². The summed E-state index contributed by atoms with van der Waals surface area (Å²) in [5.74, 6) is 0. The van der Waals surface area contributed by atoms with Crippen molar-refractivity contribution < 1.29 is 8.42 Å². The molecule has 0 spiro atoms. The average molecular weight is 312 g/mol. The standard InChI is InChI=1S/C16H28N2O2S/c1-2-3-4-5-6-7-8-9-14-18-21(19,20)16-12-10-15(17)11-13-16/h10-13,18H,2-9,14,17H2,1H3. The van der Waals surface area contributed by atoms with Crippen molar-refractivity contribution in [3.8, 4) is 0 Å². The van der Waals surface area contributed by atoms with Gasteiger partial charge in [-0.2, -0.15) is 0 Å². The highest BCUT2D eigenvalue weighted by Crippen LogP contribution is 2.12. The molecular weight excluding hydrogens is 284 g/mol. The van der Waals surface area contributed by atoms with Gasteiger partial charge in [-0.15, -0.1) is 0 Å². The minimum Gasteiger partial charge on any atom is -0.399 e. The summed E-state index contributed by atoms with van der Waals surface area (Å²) in [6, 6.07) is 6.27. The average Bonchev–Trinajstić information content (AvgIpc) is 2.46. The first-order chi connectivity index (χ1) is 10.1. The third kappa shape index (κ3) is 7.48. The Morgan fingerprint density at radius 1 is 0.905 bits per heavy atom. The molecule has 1 aromatic rings. The highest BCUT2D eigenvalue weighted by atomic mass is 32.2. The van der Waals surface area contributed by atoms with Crippen LogP contribution >= 0.6 is 0 Å². The minimum atomic E-state index is -3.39. The zero-order valence-electron chi connectivity index (χ0n) is 13.0. The largest absolute Gasteiger partial charge is 0.399 e. The summed E-state index contributed by atoms with van der Waals surface area (Å²) in [6.45, 7) is 2.72. The first-order valence-electron chi connectivity index (χ1n) is 7.91. The van der Waals surface area contributed by atoms with E-state index in [0.717, 1.165) is 12.8 Å². The number of benzene rings is 1. The summed E-state index contributed by atoms with van der Waals surface area (Å²) in [6.07, 6.45) is 9.62. The summed E-state index contributed by atoms with van der Waals surface area (Å²) in [5, 5.41) is 0. The lowest BCUT2D eigenvalue weighted by molar-refractivity contribution is 0.559. The molecule has 5 heteroatoms. The molecule has 1 aromatic carbocycles. The maximum atomic E-state index is 12.0. The highest BCUT2D eigenvalue weighted by Gasteiger charge is 2.12. The van der Waals surface area contributed by atoms with Gasteiger partial charge in [0.1, 0.15) is 0 Å². The minimum absolute atomic E-state index is 0.274. The smallest absolute Gasteiger partial charge is 0.240 e. The Morgan fingerprint density at radius 2 is 1.43 bits per heavy atom. The molecule has 0 bridgehead atoms. The monoisotopic (exact) mass is 312 g/mol. The van der Waals surface area contributed by atoms with Crippen molar-refractivity contribution >= 4 is 15.7 Å². The van der Waals surface area contributed by atoms with Crippen LogP contribution < -0.4 is 10.5 Å². The van der Waals surface area contributed by atoms with E-state index in [9.17, 15) is 8.42 Å². The molecule has 21 heavy (non-hydrogen) atoms. The Hall–Kier alpha value is -1.07. The van der Waals surface area contributed by atoms with Gasteiger partial charge in [0.15, 0.2) is 0 Å². The van der Waals surface area contributed by atoms with E-state index in [1.807, 2.05) is 0 Å².